The van der Waals surface area contributed by atoms with Crippen LogP contribution in [0.5, 0.6) is 11.5 Å². The second-order valence-corrected chi connectivity index (χ2v) is 5.35. The second-order valence-electron chi connectivity index (χ2n) is 4.91. The Morgan fingerprint density at radius 3 is 2.63 bits per heavy atom. The fraction of sp³-hybridized carbons (Fsp3) is 0.571. The number of hydrogen-bond donors (Lipinski definition) is 2. The van der Waals surface area contributed by atoms with E-state index in [0.29, 0.717) is 36.0 Å². The van der Waals surface area contributed by atoms with E-state index in [9.17, 15) is 5.11 Å². The normalized spacial score (nSPS) is 11.6. The minimum Gasteiger partial charge on any atom is -0.504 e. The minimum atomic E-state index is -0.243. The van der Waals surface area contributed by atoms with Crippen LogP contribution in [0.1, 0.15) is 26.3 Å². The van der Waals surface area contributed by atoms with Crippen molar-refractivity contribution in [2.45, 2.75) is 32.9 Å². The molecule has 0 radical (unpaired) electrons. The Labute approximate surface area is 119 Å². The van der Waals surface area contributed by atoms with Crippen LogP contribution in [-0.2, 0) is 11.3 Å². The Balaban J connectivity index is 2.65. The average Bonchev–Trinajstić information content (AvgIpc) is 2.32. The fourth-order valence-corrected chi connectivity index (χ4v) is 2.09. The molecule has 0 unspecified atom stereocenters. The Bertz CT molecular complexity index is 421. The molecule has 0 aliphatic heterocycles. The predicted octanol–water partition coefficient (Wildman–Crippen LogP) is 2.96. The van der Waals surface area contributed by atoms with Gasteiger partial charge in [-0.15, -0.1) is 0 Å². The molecule has 0 saturated heterocycles. The van der Waals surface area contributed by atoms with Gasteiger partial charge in [-0.1, -0.05) is 11.6 Å². The summed E-state index contributed by atoms with van der Waals surface area (Å²) < 4.78 is 10.7. The summed E-state index contributed by atoms with van der Waals surface area (Å²) in [5, 5.41) is 13.8. The summed E-state index contributed by atoms with van der Waals surface area (Å²) in [6.07, 6.45) is 0. The highest BCUT2D eigenvalue weighted by molar-refractivity contribution is 6.30. The third-order valence-electron chi connectivity index (χ3n) is 2.74. The maximum absolute atomic E-state index is 9.99. The van der Waals surface area contributed by atoms with Gasteiger partial charge in [0.25, 0.3) is 0 Å². The molecule has 0 spiro atoms. The molecule has 0 aliphatic rings. The number of rotatable bonds is 7. The second kappa shape index (κ2) is 6.98. The van der Waals surface area contributed by atoms with E-state index in [4.69, 9.17) is 21.1 Å². The van der Waals surface area contributed by atoms with Gasteiger partial charge in [-0.2, -0.15) is 0 Å². The molecule has 0 aromatic heterocycles. The lowest BCUT2D eigenvalue weighted by atomic mass is 10.1. The molecule has 1 rings (SSSR count). The largest absolute Gasteiger partial charge is 0.504 e. The first kappa shape index (κ1) is 16.1. The van der Waals surface area contributed by atoms with Crippen molar-refractivity contribution in [3.05, 3.63) is 22.7 Å². The van der Waals surface area contributed by atoms with E-state index in [-0.39, 0.29) is 11.4 Å². The zero-order valence-electron chi connectivity index (χ0n) is 11.9. The first-order chi connectivity index (χ1) is 8.89. The predicted molar refractivity (Wildman–Crippen MR) is 77.1 cm³/mol. The summed E-state index contributed by atoms with van der Waals surface area (Å²) in [6.45, 7) is 7.85. The van der Waals surface area contributed by atoms with E-state index in [1.165, 1.54) is 7.11 Å². The Kier molecular flexibility index (Phi) is 5.91. The first-order valence-corrected chi connectivity index (χ1v) is 6.67. The highest BCUT2D eigenvalue weighted by Gasteiger charge is 2.17. The molecule has 5 heteroatoms. The van der Waals surface area contributed by atoms with E-state index in [2.05, 4.69) is 5.32 Å². The highest BCUT2D eigenvalue weighted by Crippen LogP contribution is 2.33. The van der Waals surface area contributed by atoms with Crippen LogP contribution in [-0.4, -0.2) is 31.0 Å². The van der Waals surface area contributed by atoms with E-state index in [1.807, 2.05) is 20.8 Å². The van der Waals surface area contributed by atoms with Crippen LogP contribution in [0.3, 0.4) is 0 Å². The molecule has 0 heterocycles. The number of ether oxygens (including phenoxy) is 2. The number of halogens is 1. The fourth-order valence-electron chi connectivity index (χ4n) is 1.86. The molecule has 0 saturated carbocycles. The van der Waals surface area contributed by atoms with Crippen molar-refractivity contribution in [2.75, 3.05) is 20.3 Å². The van der Waals surface area contributed by atoms with Gasteiger partial charge in [0, 0.05) is 36.3 Å². The lowest BCUT2D eigenvalue weighted by Gasteiger charge is -2.25. The molecule has 0 aliphatic carbocycles. The molecule has 2 N–H and O–H groups in total. The molecular formula is C14H22ClNO3. The number of benzene rings is 1. The smallest absolute Gasteiger partial charge is 0.162 e. The monoisotopic (exact) mass is 287 g/mol. The minimum absolute atomic E-state index is 0.119. The SMILES string of the molecule is CCOC(C)(C)CNCc1cc(Cl)cc(OC)c1O. The molecule has 1 aromatic rings. The van der Waals surface area contributed by atoms with Crippen LogP contribution in [0.15, 0.2) is 12.1 Å². The molecule has 0 bridgehead atoms. The van der Waals surface area contributed by atoms with E-state index in [0.717, 1.165) is 0 Å². The van der Waals surface area contributed by atoms with E-state index >= 15 is 0 Å². The van der Waals surface area contributed by atoms with Crippen molar-refractivity contribution in [3.8, 4) is 11.5 Å². The molecule has 0 amide bonds. The summed E-state index contributed by atoms with van der Waals surface area (Å²) in [5.41, 5.74) is 0.462. The van der Waals surface area contributed by atoms with Crippen molar-refractivity contribution in [1.29, 1.82) is 0 Å². The van der Waals surface area contributed by atoms with Gasteiger partial charge in [-0.05, 0) is 26.8 Å². The van der Waals surface area contributed by atoms with Crippen molar-refractivity contribution in [1.82, 2.24) is 5.32 Å². The molecule has 0 fully saturated rings. The maximum Gasteiger partial charge on any atom is 0.162 e. The molecule has 19 heavy (non-hydrogen) atoms. The molecule has 1 aromatic carbocycles. The number of phenolic OH excluding ortho intramolecular Hbond substituents is 1. The lowest BCUT2D eigenvalue weighted by Crippen LogP contribution is -2.37. The summed E-state index contributed by atoms with van der Waals surface area (Å²) in [5.74, 6) is 0.502. The summed E-state index contributed by atoms with van der Waals surface area (Å²) in [7, 11) is 1.50. The van der Waals surface area contributed by atoms with Crippen LogP contribution in [0.2, 0.25) is 5.02 Å². The zero-order chi connectivity index (χ0) is 14.5. The molecular weight excluding hydrogens is 266 g/mol. The Morgan fingerprint density at radius 1 is 1.37 bits per heavy atom. The van der Waals surface area contributed by atoms with Gasteiger partial charge < -0.3 is 19.9 Å². The summed E-state index contributed by atoms with van der Waals surface area (Å²) in [4.78, 5) is 0. The third kappa shape index (κ3) is 4.90. The summed E-state index contributed by atoms with van der Waals surface area (Å²) in [6, 6.07) is 3.31. The quantitative estimate of drug-likeness (QED) is 0.809. The molecule has 108 valence electrons. The standard InChI is InChI=1S/C14H22ClNO3/c1-5-19-14(2,3)9-16-8-10-6-11(15)7-12(18-4)13(10)17/h6-7,16-17H,5,8-9H2,1-4H3. The highest BCUT2D eigenvalue weighted by atomic mass is 35.5. The lowest BCUT2D eigenvalue weighted by molar-refractivity contribution is -0.00900. The van der Waals surface area contributed by atoms with Crippen LogP contribution in [0.4, 0.5) is 0 Å². The number of nitrogens with one attached hydrogen (secondary N) is 1. The van der Waals surface area contributed by atoms with Gasteiger partial charge in [0.05, 0.1) is 12.7 Å². The van der Waals surface area contributed by atoms with Gasteiger partial charge in [0.1, 0.15) is 0 Å². The summed E-state index contributed by atoms with van der Waals surface area (Å²) >= 11 is 5.98. The van der Waals surface area contributed by atoms with Crippen LogP contribution in [0, 0.1) is 0 Å². The van der Waals surface area contributed by atoms with Crippen LogP contribution < -0.4 is 10.1 Å². The Morgan fingerprint density at radius 2 is 2.05 bits per heavy atom. The van der Waals surface area contributed by atoms with E-state index < -0.39 is 0 Å². The number of aromatic hydroxyl groups is 1. The van der Waals surface area contributed by atoms with Gasteiger partial charge in [-0.25, -0.2) is 0 Å². The number of hydrogen-bond acceptors (Lipinski definition) is 4. The van der Waals surface area contributed by atoms with Gasteiger partial charge in [0.2, 0.25) is 0 Å². The van der Waals surface area contributed by atoms with Gasteiger partial charge >= 0.3 is 0 Å². The number of methoxy groups -OCH3 is 1. The zero-order valence-corrected chi connectivity index (χ0v) is 12.7. The van der Waals surface area contributed by atoms with Gasteiger partial charge in [-0.3, -0.25) is 0 Å². The van der Waals surface area contributed by atoms with Crippen molar-refractivity contribution < 1.29 is 14.6 Å². The van der Waals surface area contributed by atoms with Crippen LogP contribution >= 0.6 is 11.6 Å². The molecule has 4 nitrogen and oxygen atoms in total. The van der Waals surface area contributed by atoms with Crippen molar-refractivity contribution >= 4 is 11.6 Å². The average molecular weight is 288 g/mol. The topological polar surface area (TPSA) is 50.7 Å². The van der Waals surface area contributed by atoms with E-state index in [1.54, 1.807) is 12.1 Å². The van der Waals surface area contributed by atoms with Crippen LogP contribution in [0.25, 0.3) is 0 Å². The maximum atomic E-state index is 9.99. The van der Waals surface area contributed by atoms with Crippen molar-refractivity contribution in [2.24, 2.45) is 0 Å². The third-order valence-corrected chi connectivity index (χ3v) is 2.96. The molecule has 0 atom stereocenters. The first-order valence-electron chi connectivity index (χ1n) is 6.29. The Hall–Kier alpha value is -0.970. The van der Waals surface area contributed by atoms with Gasteiger partial charge in [0.15, 0.2) is 11.5 Å². The number of phenols is 1. The van der Waals surface area contributed by atoms with Crippen molar-refractivity contribution in [3.63, 3.8) is 0 Å².